The van der Waals surface area contributed by atoms with Crippen LogP contribution in [0.2, 0.25) is 0 Å². The molecule has 0 radical (unpaired) electrons. The topological polar surface area (TPSA) is 48.9 Å². The van der Waals surface area contributed by atoms with Gasteiger partial charge in [-0.25, -0.2) is 0 Å². The van der Waals surface area contributed by atoms with Crippen LogP contribution >= 0.6 is 0 Å². The zero-order valence-electron chi connectivity index (χ0n) is 17.9. The first kappa shape index (κ1) is 21.1. The summed E-state index contributed by atoms with van der Waals surface area (Å²) < 4.78 is 5.79. The van der Waals surface area contributed by atoms with Gasteiger partial charge in [0.05, 0.1) is 6.10 Å². The zero-order valence-corrected chi connectivity index (χ0v) is 17.9. The second kappa shape index (κ2) is 10.3. The monoisotopic (exact) mass is 386 g/mol. The third-order valence-corrected chi connectivity index (χ3v) is 6.32. The molecule has 0 amide bonds. The molecule has 28 heavy (non-hydrogen) atoms. The van der Waals surface area contributed by atoms with E-state index in [1.807, 2.05) is 7.05 Å². The number of guanidine groups is 1. The van der Waals surface area contributed by atoms with Crippen LogP contribution in [0.15, 0.2) is 35.3 Å². The van der Waals surface area contributed by atoms with Gasteiger partial charge in [0.1, 0.15) is 0 Å². The van der Waals surface area contributed by atoms with Crippen molar-refractivity contribution in [2.24, 2.45) is 4.99 Å². The molecule has 0 aromatic heterocycles. The standard InChI is InChI=1S/C23H38N4O/c1-4-28-21-12-16-27(17-13-21)22(24-3)25-18-23(14-8-9-15-23)26-19(2)20-10-6-5-7-11-20/h5-7,10-11,19,21,26H,4,8-9,12-18H2,1-3H3,(H,24,25). The summed E-state index contributed by atoms with van der Waals surface area (Å²) in [7, 11) is 1.90. The molecule has 0 bridgehead atoms. The molecule has 2 fully saturated rings. The van der Waals surface area contributed by atoms with Gasteiger partial charge in [0.25, 0.3) is 0 Å². The van der Waals surface area contributed by atoms with Gasteiger partial charge in [-0.15, -0.1) is 0 Å². The maximum atomic E-state index is 5.79. The lowest BCUT2D eigenvalue weighted by molar-refractivity contribution is 0.0263. The van der Waals surface area contributed by atoms with E-state index in [-0.39, 0.29) is 5.54 Å². The number of benzene rings is 1. The fourth-order valence-corrected chi connectivity index (χ4v) is 4.76. The highest BCUT2D eigenvalue weighted by Gasteiger charge is 2.35. The smallest absolute Gasteiger partial charge is 0.193 e. The number of nitrogens with zero attached hydrogens (tertiary/aromatic N) is 2. The Hall–Kier alpha value is -1.59. The quantitative estimate of drug-likeness (QED) is 0.554. The van der Waals surface area contributed by atoms with E-state index in [1.54, 1.807) is 0 Å². The molecule has 1 aromatic carbocycles. The molecule has 1 saturated heterocycles. The van der Waals surface area contributed by atoms with Crippen LogP contribution in [-0.4, -0.2) is 55.8 Å². The molecule has 1 saturated carbocycles. The van der Waals surface area contributed by atoms with Crippen molar-refractivity contribution in [1.29, 1.82) is 0 Å². The van der Waals surface area contributed by atoms with Gasteiger partial charge in [0.2, 0.25) is 0 Å². The zero-order chi connectivity index (χ0) is 19.8. The largest absolute Gasteiger partial charge is 0.378 e. The molecule has 1 unspecified atom stereocenters. The van der Waals surface area contributed by atoms with Crippen LogP contribution in [0.3, 0.4) is 0 Å². The van der Waals surface area contributed by atoms with E-state index in [0.29, 0.717) is 12.1 Å². The van der Waals surface area contributed by atoms with Crippen molar-refractivity contribution in [1.82, 2.24) is 15.5 Å². The molecule has 1 aliphatic heterocycles. The Balaban J connectivity index is 1.56. The van der Waals surface area contributed by atoms with E-state index >= 15 is 0 Å². The van der Waals surface area contributed by atoms with Gasteiger partial charge < -0.3 is 20.3 Å². The number of rotatable bonds is 7. The van der Waals surface area contributed by atoms with Crippen molar-refractivity contribution >= 4 is 5.96 Å². The van der Waals surface area contributed by atoms with Gasteiger partial charge in [-0.05, 0) is 45.1 Å². The second-order valence-corrected chi connectivity index (χ2v) is 8.31. The van der Waals surface area contributed by atoms with Gasteiger partial charge in [0.15, 0.2) is 5.96 Å². The normalized spacial score (nSPS) is 21.7. The van der Waals surface area contributed by atoms with Crippen LogP contribution < -0.4 is 10.6 Å². The number of piperidine rings is 1. The van der Waals surface area contributed by atoms with Crippen molar-refractivity contribution in [3.8, 4) is 0 Å². The Morgan fingerprint density at radius 1 is 1.21 bits per heavy atom. The Labute approximate surface area is 170 Å². The van der Waals surface area contributed by atoms with E-state index in [9.17, 15) is 0 Å². The summed E-state index contributed by atoms with van der Waals surface area (Å²) in [6.45, 7) is 8.14. The molecule has 3 rings (SSSR count). The van der Waals surface area contributed by atoms with Crippen LogP contribution in [0.4, 0.5) is 0 Å². The summed E-state index contributed by atoms with van der Waals surface area (Å²) in [6.07, 6.45) is 7.63. The van der Waals surface area contributed by atoms with Crippen LogP contribution in [-0.2, 0) is 4.74 Å². The molecule has 0 spiro atoms. The second-order valence-electron chi connectivity index (χ2n) is 8.31. The van der Waals surface area contributed by atoms with Crippen LogP contribution in [0.1, 0.15) is 64.0 Å². The highest BCUT2D eigenvalue weighted by atomic mass is 16.5. The summed E-state index contributed by atoms with van der Waals surface area (Å²) in [4.78, 5) is 6.96. The van der Waals surface area contributed by atoms with Crippen LogP contribution in [0.25, 0.3) is 0 Å². The van der Waals surface area contributed by atoms with Gasteiger partial charge in [-0.2, -0.15) is 0 Å². The maximum Gasteiger partial charge on any atom is 0.193 e. The Morgan fingerprint density at radius 2 is 1.89 bits per heavy atom. The van der Waals surface area contributed by atoms with E-state index in [1.165, 1.54) is 31.2 Å². The number of hydrogen-bond donors (Lipinski definition) is 2. The van der Waals surface area contributed by atoms with E-state index < -0.39 is 0 Å². The molecule has 1 aromatic rings. The molecule has 156 valence electrons. The van der Waals surface area contributed by atoms with Gasteiger partial charge in [-0.3, -0.25) is 4.99 Å². The summed E-state index contributed by atoms with van der Waals surface area (Å²) in [5.74, 6) is 1.04. The third kappa shape index (κ3) is 5.48. The SMILES string of the molecule is CCOC1CCN(C(=NC)NCC2(NC(C)c3ccccc3)CCCC2)CC1. The Morgan fingerprint density at radius 3 is 2.50 bits per heavy atom. The molecule has 2 N–H and O–H groups in total. The predicted molar refractivity (Wildman–Crippen MR) is 117 cm³/mol. The van der Waals surface area contributed by atoms with Crippen molar-refractivity contribution in [3.63, 3.8) is 0 Å². The maximum absolute atomic E-state index is 5.79. The Kier molecular flexibility index (Phi) is 7.74. The van der Waals surface area contributed by atoms with E-state index in [2.05, 4.69) is 64.7 Å². The number of aliphatic imine (C=N–C) groups is 1. The molecule has 1 heterocycles. The summed E-state index contributed by atoms with van der Waals surface area (Å²) >= 11 is 0. The lowest BCUT2D eigenvalue weighted by atomic mass is 9.94. The van der Waals surface area contributed by atoms with Crippen molar-refractivity contribution < 1.29 is 4.74 Å². The minimum atomic E-state index is 0.148. The van der Waals surface area contributed by atoms with Crippen LogP contribution in [0.5, 0.6) is 0 Å². The molecule has 5 nitrogen and oxygen atoms in total. The van der Waals surface area contributed by atoms with E-state index in [0.717, 1.165) is 45.0 Å². The van der Waals surface area contributed by atoms with Crippen LogP contribution in [0, 0.1) is 0 Å². The first-order valence-electron chi connectivity index (χ1n) is 11.1. The highest BCUT2D eigenvalue weighted by molar-refractivity contribution is 5.80. The first-order valence-corrected chi connectivity index (χ1v) is 11.1. The first-order chi connectivity index (χ1) is 13.7. The minimum Gasteiger partial charge on any atom is -0.378 e. The van der Waals surface area contributed by atoms with Gasteiger partial charge >= 0.3 is 0 Å². The predicted octanol–water partition coefficient (Wildman–Crippen LogP) is 3.73. The number of nitrogens with one attached hydrogen (secondary N) is 2. The van der Waals surface area contributed by atoms with Crippen molar-refractivity contribution in [3.05, 3.63) is 35.9 Å². The summed E-state index contributed by atoms with van der Waals surface area (Å²) in [6, 6.07) is 11.1. The lowest BCUT2D eigenvalue weighted by Crippen LogP contribution is -2.55. The molecule has 1 atom stereocenters. The van der Waals surface area contributed by atoms with Gasteiger partial charge in [0, 0.05) is 44.9 Å². The number of ether oxygens (including phenoxy) is 1. The molecule has 1 aliphatic carbocycles. The lowest BCUT2D eigenvalue weighted by Gasteiger charge is -2.38. The Bertz CT molecular complexity index is 604. The summed E-state index contributed by atoms with van der Waals surface area (Å²) in [5.41, 5.74) is 1.51. The average molecular weight is 387 g/mol. The van der Waals surface area contributed by atoms with Crippen molar-refractivity contribution in [2.75, 3.05) is 33.3 Å². The molecule has 2 aliphatic rings. The average Bonchev–Trinajstić information content (AvgIpc) is 3.19. The minimum absolute atomic E-state index is 0.148. The molecular formula is C23H38N4O. The fourth-order valence-electron chi connectivity index (χ4n) is 4.76. The molecule has 5 heteroatoms. The number of hydrogen-bond acceptors (Lipinski definition) is 3. The van der Waals surface area contributed by atoms with Crippen molar-refractivity contribution in [2.45, 2.75) is 70.1 Å². The fraction of sp³-hybridized carbons (Fsp3) is 0.696. The molecular weight excluding hydrogens is 348 g/mol. The van der Waals surface area contributed by atoms with Gasteiger partial charge in [-0.1, -0.05) is 43.2 Å². The third-order valence-electron chi connectivity index (χ3n) is 6.32. The number of likely N-dealkylation sites (tertiary alicyclic amines) is 1. The van der Waals surface area contributed by atoms with E-state index in [4.69, 9.17) is 4.74 Å². The highest BCUT2D eigenvalue weighted by Crippen LogP contribution is 2.32. The summed E-state index contributed by atoms with van der Waals surface area (Å²) in [5, 5.41) is 7.66.